The molecular weight excluding hydrogens is 473 g/mol. The average Bonchev–Trinajstić information content (AvgIpc) is 2.89. The van der Waals surface area contributed by atoms with Crippen LogP contribution in [0.3, 0.4) is 0 Å². The summed E-state index contributed by atoms with van der Waals surface area (Å²) in [6.45, 7) is 2.11. The summed E-state index contributed by atoms with van der Waals surface area (Å²) in [6, 6.07) is 12.7. The largest absolute Gasteiger partial charge is 0.502 e. The number of rotatable bonds is 2. The Hall–Kier alpha value is -3.78. The Bertz CT molecular complexity index is 1380. The van der Waals surface area contributed by atoms with E-state index in [0.29, 0.717) is 12.0 Å². The molecule has 2 atom stereocenters. The lowest BCUT2D eigenvalue weighted by Gasteiger charge is -2.45. The normalized spacial score (nSPS) is 20.4. The third kappa shape index (κ3) is 3.83. The van der Waals surface area contributed by atoms with Gasteiger partial charge in [-0.3, -0.25) is 19.3 Å². The third-order valence-corrected chi connectivity index (χ3v) is 6.67. The molecule has 2 aliphatic rings. The van der Waals surface area contributed by atoms with Gasteiger partial charge in [-0.2, -0.15) is 0 Å². The minimum absolute atomic E-state index is 0.00113. The number of pyridine rings is 1. The monoisotopic (exact) mass is 495 g/mol. The van der Waals surface area contributed by atoms with E-state index in [0.717, 1.165) is 5.56 Å². The van der Waals surface area contributed by atoms with Crippen LogP contribution in [0.2, 0.25) is 5.02 Å². The fourth-order valence-electron chi connectivity index (χ4n) is 4.68. The molecule has 0 spiro atoms. The van der Waals surface area contributed by atoms with Crippen LogP contribution in [-0.2, 0) is 0 Å². The summed E-state index contributed by atoms with van der Waals surface area (Å²) in [5.41, 5.74) is 0.475. The maximum Gasteiger partial charge on any atom is 0.278 e. The molecule has 9 heteroatoms. The van der Waals surface area contributed by atoms with E-state index in [9.17, 15) is 14.7 Å². The Morgan fingerprint density at radius 3 is 2.66 bits per heavy atom. The molecule has 0 unspecified atom stereocenters. The Morgan fingerprint density at radius 2 is 1.91 bits per heavy atom. The number of aromatic nitrogens is 1. The van der Waals surface area contributed by atoms with Gasteiger partial charge in [0, 0.05) is 17.8 Å². The molecule has 0 saturated heterocycles. The van der Waals surface area contributed by atoms with Crippen molar-refractivity contribution in [2.45, 2.75) is 25.4 Å². The van der Waals surface area contributed by atoms with Crippen molar-refractivity contribution in [2.24, 2.45) is 0 Å². The first-order chi connectivity index (χ1) is 16.9. The van der Waals surface area contributed by atoms with E-state index in [4.69, 9.17) is 16.3 Å². The van der Waals surface area contributed by atoms with Gasteiger partial charge in [0.05, 0.1) is 11.1 Å². The first kappa shape index (κ1) is 23.0. The fourth-order valence-corrected chi connectivity index (χ4v) is 4.83. The van der Waals surface area contributed by atoms with Crippen LogP contribution in [0.15, 0.2) is 71.7 Å². The van der Waals surface area contributed by atoms with Gasteiger partial charge in [0.15, 0.2) is 23.0 Å². The molecule has 2 aliphatic heterocycles. The van der Waals surface area contributed by atoms with Gasteiger partial charge in [-0.25, -0.2) is 4.39 Å². The molecule has 0 saturated carbocycles. The van der Waals surface area contributed by atoms with Gasteiger partial charge >= 0.3 is 0 Å². The van der Waals surface area contributed by atoms with Crippen molar-refractivity contribution in [3.8, 4) is 11.5 Å². The van der Waals surface area contributed by atoms with E-state index < -0.39 is 28.9 Å². The van der Waals surface area contributed by atoms with Crippen LogP contribution in [0.4, 0.5) is 4.39 Å². The lowest BCUT2D eigenvalue weighted by Crippen LogP contribution is -2.57. The van der Waals surface area contributed by atoms with Crippen LogP contribution >= 0.6 is 11.6 Å². The second kappa shape index (κ2) is 9.11. The molecule has 7 nitrogen and oxygen atoms in total. The van der Waals surface area contributed by atoms with E-state index in [1.807, 2.05) is 48.3 Å². The minimum Gasteiger partial charge on any atom is -0.502 e. The number of amides is 1. The number of carbonyl (C=O) groups excluding carboxylic acids is 1. The van der Waals surface area contributed by atoms with Crippen LogP contribution in [0, 0.1) is 5.82 Å². The van der Waals surface area contributed by atoms with Gasteiger partial charge in [-0.05, 0) is 24.1 Å². The molecule has 0 aliphatic carbocycles. The van der Waals surface area contributed by atoms with Gasteiger partial charge < -0.3 is 14.7 Å². The molecule has 180 valence electrons. The molecule has 3 aromatic rings. The van der Waals surface area contributed by atoms with Crippen LogP contribution in [0.1, 0.15) is 41.0 Å². The van der Waals surface area contributed by atoms with Crippen LogP contribution in [0.5, 0.6) is 11.5 Å². The number of nitrogens with zero attached hydrogens (tertiary/aromatic N) is 3. The number of hydrogen-bond donors (Lipinski definition) is 1. The number of carbonyl (C=O) groups is 1. The Morgan fingerprint density at radius 1 is 1.14 bits per heavy atom. The van der Waals surface area contributed by atoms with E-state index >= 15 is 4.39 Å². The molecule has 3 heterocycles. The first-order valence-corrected chi connectivity index (χ1v) is 11.6. The third-order valence-electron chi connectivity index (χ3n) is 6.38. The number of fused-ring (bicyclic) bond motifs is 5. The molecular formula is C26H23ClFN3O4. The van der Waals surface area contributed by atoms with Crippen LogP contribution in [-0.4, -0.2) is 39.9 Å². The van der Waals surface area contributed by atoms with E-state index in [1.54, 1.807) is 17.0 Å². The topological polar surface area (TPSA) is 75.0 Å². The summed E-state index contributed by atoms with van der Waals surface area (Å²) in [5.74, 6) is -1.78. The number of aromatic hydroxyl groups is 1. The van der Waals surface area contributed by atoms with Crippen LogP contribution < -0.4 is 15.2 Å². The molecule has 2 aromatic carbocycles. The number of halogens is 2. The zero-order valence-electron chi connectivity index (χ0n) is 18.9. The quantitative estimate of drug-likeness (QED) is 0.539. The maximum absolute atomic E-state index is 15.3. The van der Waals surface area contributed by atoms with Crippen molar-refractivity contribution in [3.05, 3.63) is 105 Å². The highest BCUT2D eigenvalue weighted by Gasteiger charge is 2.39. The van der Waals surface area contributed by atoms with Gasteiger partial charge in [-0.1, -0.05) is 61.0 Å². The summed E-state index contributed by atoms with van der Waals surface area (Å²) in [7, 11) is 0. The Labute approximate surface area is 206 Å². The minimum atomic E-state index is -0.683. The first-order valence-electron chi connectivity index (χ1n) is 11.3. The van der Waals surface area contributed by atoms with Crippen molar-refractivity contribution < 1.29 is 19.0 Å². The van der Waals surface area contributed by atoms with Gasteiger partial charge in [0.2, 0.25) is 5.43 Å². The predicted octanol–water partition coefficient (Wildman–Crippen LogP) is 4.21. The summed E-state index contributed by atoms with van der Waals surface area (Å²) in [4.78, 5) is 27.5. The average molecular weight is 496 g/mol. The number of hydrogen-bond acceptors (Lipinski definition) is 5. The number of benzene rings is 2. The maximum atomic E-state index is 15.3. The lowest BCUT2D eigenvalue weighted by atomic mass is 9.96. The highest BCUT2D eigenvalue weighted by Crippen LogP contribution is 2.40. The Kier molecular flexibility index (Phi) is 5.98. The molecule has 0 radical (unpaired) electrons. The SMILES string of the molecule is CC[C@@H]1/C=C\COc2c(ccc(Cl)c2F)[C@H](c2ccccc2)N2CN1C(=O)c1c(O)c(=O)ccn12. The predicted molar refractivity (Wildman–Crippen MR) is 130 cm³/mol. The van der Waals surface area contributed by atoms with Crippen molar-refractivity contribution in [1.29, 1.82) is 0 Å². The summed E-state index contributed by atoms with van der Waals surface area (Å²) in [5, 5.41) is 12.4. The molecule has 1 aromatic heterocycles. The standard InChI is InChI=1S/C26H23ClFN3O4/c1-2-17-9-6-14-35-25-18(10-11-19(27)21(25)28)22(16-7-4-3-5-8-16)31-15-29(17)26(34)23-24(33)20(32)12-13-30(23)31/h3-13,17,22,33H,2,14-15H2,1H3/b9-6-/t17-,22+/m1/s1. The second-order valence-corrected chi connectivity index (χ2v) is 8.79. The highest BCUT2D eigenvalue weighted by atomic mass is 35.5. The molecule has 5 rings (SSSR count). The molecule has 2 bridgehead atoms. The molecule has 35 heavy (non-hydrogen) atoms. The summed E-state index contributed by atoms with van der Waals surface area (Å²) < 4.78 is 22.7. The van der Waals surface area contributed by atoms with Crippen LogP contribution in [0.25, 0.3) is 0 Å². The molecule has 0 fully saturated rings. The second-order valence-electron chi connectivity index (χ2n) is 8.39. The van der Waals surface area contributed by atoms with E-state index in [-0.39, 0.29) is 35.8 Å². The van der Waals surface area contributed by atoms with Gasteiger partial charge in [0.1, 0.15) is 19.3 Å². The van der Waals surface area contributed by atoms with Crippen molar-refractivity contribution in [1.82, 2.24) is 9.58 Å². The zero-order valence-corrected chi connectivity index (χ0v) is 19.7. The smallest absolute Gasteiger partial charge is 0.278 e. The van der Waals surface area contributed by atoms with E-state index in [1.165, 1.54) is 23.0 Å². The molecule has 1 N–H and O–H groups in total. The zero-order chi connectivity index (χ0) is 24.7. The summed E-state index contributed by atoms with van der Waals surface area (Å²) in [6.07, 6.45) is 5.57. The van der Waals surface area contributed by atoms with Gasteiger partial charge in [0.25, 0.3) is 5.91 Å². The highest BCUT2D eigenvalue weighted by molar-refractivity contribution is 6.30. The fraction of sp³-hybridized carbons (Fsp3) is 0.231. The van der Waals surface area contributed by atoms with Gasteiger partial charge in [-0.15, -0.1) is 0 Å². The van der Waals surface area contributed by atoms with Crippen molar-refractivity contribution >= 4 is 17.5 Å². The lowest BCUT2D eigenvalue weighted by molar-refractivity contribution is 0.0626. The van der Waals surface area contributed by atoms with E-state index in [2.05, 4.69) is 0 Å². The van der Waals surface area contributed by atoms with Crippen molar-refractivity contribution in [3.63, 3.8) is 0 Å². The summed E-state index contributed by atoms with van der Waals surface area (Å²) >= 11 is 6.11. The molecule has 1 amide bonds. The Balaban J connectivity index is 1.84. The van der Waals surface area contributed by atoms with Crippen molar-refractivity contribution in [2.75, 3.05) is 18.3 Å². The number of ether oxygens (including phenoxy) is 1.